The SMILES string of the molecule is CN(Cc1ccccc1Br)C(=O)CSc1ccc([N+](=O)[O-])cc1. The first kappa shape index (κ1) is 17.5. The van der Waals surface area contributed by atoms with Crippen LogP contribution < -0.4 is 0 Å². The Hall–Kier alpha value is -1.86. The van der Waals surface area contributed by atoms with E-state index in [9.17, 15) is 14.9 Å². The van der Waals surface area contributed by atoms with Gasteiger partial charge in [-0.05, 0) is 23.8 Å². The number of nitro benzene ring substituents is 1. The van der Waals surface area contributed by atoms with Gasteiger partial charge >= 0.3 is 0 Å². The number of non-ortho nitro benzene ring substituents is 1. The highest BCUT2D eigenvalue weighted by molar-refractivity contribution is 9.10. The van der Waals surface area contributed by atoms with Gasteiger partial charge in [0.05, 0.1) is 10.7 Å². The van der Waals surface area contributed by atoms with Crippen molar-refractivity contribution in [1.29, 1.82) is 0 Å². The van der Waals surface area contributed by atoms with Crippen molar-refractivity contribution in [2.75, 3.05) is 12.8 Å². The van der Waals surface area contributed by atoms with Gasteiger partial charge in [-0.25, -0.2) is 0 Å². The molecule has 0 spiro atoms. The summed E-state index contributed by atoms with van der Waals surface area (Å²) in [4.78, 5) is 24.8. The summed E-state index contributed by atoms with van der Waals surface area (Å²) in [5, 5.41) is 10.6. The maximum absolute atomic E-state index is 12.2. The van der Waals surface area contributed by atoms with Crippen LogP contribution in [-0.2, 0) is 11.3 Å². The Morgan fingerprint density at radius 1 is 1.22 bits per heavy atom. The molecule has 0 aliphatic rings. The Bertz CT molecular complexity index is 707. The zero-order chi connectivity index (χ0) is 16.8. The van der Waals surface area contributed by atoms with E-state index in [1.807, 2.05) is 24.3 Å². The molecule has 2 aromatic carbocycles. The van der Waals surface area contributed by atoms with Crippen LogP contribution in [0, 0.1) is 10.1 Å². The molecule has 0 bridgehead atoms. The van der Waals surface area contributed by atoms with Crippen LogP contribution in [0.5, 0.6) is 0 Å². The average molecular weight is 395 g/mol. The van der Waals surface area contributed by atoms with Gasteiger partial charge in [0.1, 0.15) is 0 Å². The van der Waals surface area contributed by atoms with Crippen LogP contribution >= 0.6 is 27.7 Å². The Balaban J connectivity index is 1.89. The van der Waals surface area contributed by atoms with Gasteiger partial charge in [-0.3, -0.25) is 14.9 Å². The third-order valence-corrected chi connectivity index (χ3v) is 4.97. The molecule has 0 saturated heterocycles. The summed E-state index contributed by atoms with van der Waals surface area (Å²) in [7, 11) is 1.76. The molecule has 0 N–H and O–H groups in total. The molecule has 120 valence electrons. The van der Waals surface area contributed by atoms with E-state index in [1.165, 1.54) is 23.9 Å². The zero-order valence-corrected chi connectivity index (χ0v) is 14.8. The zero-order valence-electron chi connectivity index (χ0n) is 12.4. The van der Waals surface area contributed by atoms with Crippen molar-refractivity contribution in [2.45, 2.75) is 11.4 Å². The number of hydrogen-bond donors (Lipinski definition) is 0. The Labute approximate surface area is 147 Å². The summed E-state index contributed by atoms with van der Waals surface area (Å²) < 4.78 is 0.975. The van der Waals surface area contributed by atoms with Crippen molar-refractivity contribution in [2.24, 2.45) is 0 Å². The molecule has 5 nitrogen and oxygen atoms in total. The van der Waals surface area contributed by atoms with E-state index in [2.05, 4.69) is 15.9 Å². The largest absolute Gasteiger partial charge is 0.341 e. The lowest BCUT2D eigenvalue weighted by Crippen LogP contribution is -2.27. The van der Waals surface area contributed by atoms with E-state index >= 15 is 0 Å². The van der Waals surface area contributed by atoms with Gasteiger partial charge in [-0.2, -0.15) is 0 Å². The number of nitrogens with zero attached hydrogens (tertiary/aromatic N) is 2. The minimum atomic E-state index is -0.439. The fourth-order valence-electron chi connectivity index (χ4n) is 1.89. The molecular weight excluding hydrogens is 380 g/mol. The second-order valence-corrected chi connectivity index (χ2v) is 6.78. The molecule has 7 heteroatoms. The fraction of sp³-hybridized carbons (Fsp3) is 0.188. The van der Waals surface area contributed by atoms with Gasteiger partial charge < -0.3 is 4.90 Å². The van der Waals surface area contributed by atoms with Crippen LogP contribution in [0.4, 0.5) is 5.69 Å². The molecule has 0 radical (unpaired) electrons. The number of rotatable bonds is 6. The average Bonchev–Trinajstić information content (AvgIpc) is 2.55. The third-order valence-electron chi connectivity index (χ3n) is 3.20. The topological polar surface area (TPSA) is 63.5 Å². The molecule has 0 unspecified atom stereocenters. The van der Waals surface area contributed by atoms with Gasteiger partial charge in [0.15, 0.2) is 0 Å². The van der Waals surface area contributed by atoms with Crippen LogP contribution in [0.25, 0.3) is 0 Å². The highest BCUT2D eigenvalue weighted by atomic mass is 79.9. The number of thioether (sulfide) groups is 1. The molecule has 0 heterocycles. The summed E-state index contributed by atoms with van der Waals surface area (Å²) in [5.74, 6) is 0.294. The number of amides is 1. The van der Waals surface area contributed by atoms with Gasteiger partial charge in [0.2, 0.25) is 5.91 Å². The molecule has 2 aromatic rings. The van der Waals surface area contributed by atoms with Gasteiger partial charge in [-0.15, -0.1) is 11.8 Å². The maximum atomic E-state index is 12.2. The van der Waals surface area contributed by atoms with E-state index < -0.39 is 4.92 Å². The molecule has 23 heavy (non-hydrogen) atoms. The first-order valence-electron chi connectivity index (χ1n) is 6.82. The molecule has 0 atom stereocenters. The number of benzene rings is 2. The highest BCUT2D eigenvalue weighted by Crippen LogP contribution is 2.22. The summed E-state index contributed by atoms with van der Waals surface area (Å²) >= 11 is 4.84. The van der Waals surface area contributed by atoms with E-state index in [0.717, 1.165) is 14.9 Å². The quantitative estimate of drug-likeness (QED) is 0.420. The van der Waals surface area contributed by atoms with Crippen molar-refractivity contribution in [3.8, 4) is 0 Å². The van der Waals surface area contributed by atoms with Crippen LogP contribution in [0.2, 0.25) is 0 Å². The molecule has 0 aromatic heterocycles. The minimum Gasteiger partial charge on any atom is -0.341 e. The van der Waals surface area contributed by atoms with Crippen LogP contribution in [0.1, 0.15) is 5.56 Å². The number of carbonyl (C=O) groups excluding carboxylic acids is 1. The Morgan fingerprint density at radius 3 is 2.48 bits per heavy atom. The summed E-state index contributed by atoms with van der Waals surface area (Å²) in [6.45, 7) is 0.529. The number of hydrogen-bond acceptors (Lipinski definition) is 4. The molecule has 0 fully saturated rings. The molecule has 0 aliphatic heterocycles. The monoisotopic (exact) mass is 394 g/mol. The summed E-state index contributed by atoms with van der Waals surface area (Å²) in [6, 6.07) is 14.0. The lowest BCUT2D eigenvalue weighted by molar-refractivity contribution is -0.384. The fourth-order valence-corrected chi connectivity index (χ4v) is 3.14. The predicted molar refractivity (Wildman–Crippen MR) is 94.4 cm³/mol. The normalized spacial score (nSPS) is 10.3. The second kappa shape index (κ2) is 8.12. The summed E-state index contributed by atoms with van der Waals surface area (Å²) in [6.07, 6.45) is 0. The van der Waals surface area contributed by atoms with E-state index in [4.69, 9.17) is 0 Å². The second-order valence-electron chi connectivity index (χ2n) is 4.88. The van der Waals surface area contributed by atoms with Crippen molar-refractivity contribution >= 4 is 39.3 Å². The van der Waals surface area contributed by atoms with Crippen molar-refractivity contribution in [3.63, 3.8) is 0 Å². The Kier molecular flexibility index (Phi) is 6.18. The standard InChI is InChI=1S/C16H15BrN2O3S/c1-18(10-12-4-2-3-5-15(12)17)16(20)11-23-14-8-6-13(7-9-14)19(21)22/h2-9H,10-11H2,1H3. The third kappa shape index (κ3) is 5.07. The lowest BCUT2D eigenvalue weighted by atomic mass is 10.2. The summed E-state index contributed by atoms with van der Waals surface area (Å²) in [5.41, 5.74) is 1.09. The number of carbonyl (C=O) groups is 1. The van der Waals surface area contributed by atoms with Crippen molar-refractivity contribution < 1.29 is 9.72 Å². The van der Waals surface area contributed by atoms with E-state index in [0.29, 0.717) is 12.3 Å². The van der Waals surface area contributed by atoms with E-state index in [-0.39, 0.29) is 11.6 Å². The van der Waals surface area contributed by atoms with Gasteiger partial charge in [0.25, 0.3) is 5.69 Å². The van der Waals surface area contributed by atoms with Gasteiger partial charge in [0, 0.05) is 35.1 Å². The first-order valence-corrected chi connectivity index (χ1v) is 8.60. The lowest BCUT2D eigenvalue weighted by Gasteiger charge is -2.18. The molecular formula is C16H15BrN2O3S. The smallest absolute Gasteiger partial charge is 0.269 e. The molecule has 2 rings (SSSR count). The predicted octanol–water partition coefficient (Wildman–Crippen LogP) is 4.11. The molecule has 0 saturated carbocycles. The van der Waals surface area contributed by atoms with Crippen LogP contribution in [0.3, 0.4) is 0 Å². The maximum Gasteiger partial charge on any atom is 0.269 e. The van der Waals surface area contributed by atoms with Gasteiger partial charge in [-0.1, -0.05) is 34.1 Å². The Morgan fingerprint density at radius 2 is 1.87 bits per heavy atom. The number of nitro groups is 1. The van der Waals surface area contributed by atoms with Crippen LogP contribution in [0.15, 0.2) is 57.9 Å². The van der Waals surface area contributed by atoms with Crippen molar-refractivity contribution in [3.05, 3.63) is 68.7 Å². The van der Waals surface area contributed by atoms with Crippen molar-refractivity contribution in [1.82, 2.24) is 4.90 Å². The highest BCUT2D eigenvalue weighted by Gasteiger charge is 2.12. The molecule has 1 amide bonds. The van der Waals surface area contributed by atoms with E-state index in [1.54, 1.807) is 24.1 Å². The minimum absolute atomic E-state index is 0.00380. The first-order chi connectivity index (χ1) is 11.0. The molecule has 0 aliphatic carbocycles. The number of halogens is 1. The van der Waals surface area contributed by atoms with Crippen LogP contribution in [-0.4, -0.2) is 28.5 Å².